The van der Waals surface area contributed by atoms with Crippen LogP contribution in [0.3, 0.4) is 0 Å². The van der Waals surface area contributed by atoms with Crippen molar-refractivity contribution >= 4 is 18.0 Å². The first-order valence-electron chi connectivity index (χ1n) is 2.49. The van der Waals surface area contributed by atoms with Gasteiger partial charge >= 0.3 is 0 Å². The summed E-state index contributed by atoms with van der Waals surface area (Å²) in [5.41, 5.74) is 0. The number of anilines is 1. The van der Waals surface area contributed by atoms with Crippen molar-refractivity contribution in [3.63, 3.8) is 0 Å². The van der Waals surface area contributed by atoms with Crippen LogP contribution in [0, 0.1) is 0 Å². The molecule has 1 rings (SSSR count). The maximum absolute atomic E-state index is 10.3. The van der Waals surface area contributed by atoms with Gasteiger partial charge in [0.2, 0.25) is 6.29 Å². The van der Waals surface area contributed by atoms with Gasteiger partial charge in [0.05, 0.1) is 0 Å². The lowest BCUT2D eigenvalue weighted by Crippen LogP contribution is -2.12. The molecule has 5 nitrogen and oxygen atoms in total. The number of carbonyl (C=O) groups is 2. The van der Waals surface area contributed by atoms with Crippen molar-refractivity contribution in [3.8, 4) is 0 Å². The highest BCUT2D eigenvalue weighted by Gasteiger charge is 1.99. The van der Waals surface area contributed by atoms with E-state index in [1.165, 1.54) is 12.3 Å². The number of carbonyl (C=O) groups excluding carboxylic acids is 2. The number of hydrogen-bond donors (Lipinski definition) is 1. The molecule has 1 aromatic heterocycles. The minimum absolute atomic E-state index is 0.161. The highest BCUT2D eigenvalue weighted by Crippen LogP contribution is 1.98. The van der Waals surface area contributed by atoms with E-state index in [0.717, 1.165) is 0 Å². The molecule has 0 radical (unpaired) electrons. The Morgan fingerprint density at radius 3 is 3.10 bits per heavy atom. The van der Waals surface area contributed by atoms with Crippen LogP contribution in [0.4, 0.5) is 5.82 Å². The van der Waals surface area contributed by atoms with Gasteiger partial charge in [0.1, 0.15) is 6.26 Å². The van der Waals surface area contributed by atoms with Crippen molar-refractivity contribution in [2.75, 3.05) is 5.32 Å². The highest BCUT2D eigenvalue weighted by atomic mass is 16.5. The lowest BCUT2D eigenvalue weighted by atomic mass is 10.6. The number of rotatable bonds is 2. The molecule has 0 aromatic carbocycles. The smallest absolute Gasteiger partial charge is 0.289 e. The molecule has 0 atom stereocenters. The van der Waals surface area contributed by atoms with E-state index in [9.17, 15) is 9.59 Å². The summed E-state index contributed by atoms with van der Waals surface area (Å²) >= 11 is 0. The zero-order valence-electron chi connectivity index (χ0n) is 4.90. The van der Waals surface area contributed by atoms with Gasteiger partial charge in [0, 0.05) is 6.07 Å². The molecule has 5 heteroatoms. The summed E-state index contributed by atoms with van der Waals surface area (Å²) < 4.78 is 4.38. The first kappa shape index (κ1) is 6.47. The fraction of sp³-hybridized carbons (Fsp3) is 0. The van der Waals surface area contributed by atoms with E-state index >= 15 is 0 Å². The summed E-state index contributed by atoms with van der Waals surface area (Å²) in [5, 5.41) is 5.50. The van der Waals surface area contributed by atoms with Crippen molar-refractivity contribution in [1.29, 1.82) is 0 Å². The Balaban J connectivity index is 2.56. The van der Waals surface area contributed by atoms with Gasteiger partial charge in [0.15, 0.2) is 5.82 Å². The summed E-state index contributed by atoms with van der Waals surface area (Å²) in [6.45, 7) is 0. The Bertz CT molecular complexity index is 229. The minimum Gasteiger partial charge on any atom is -0.363 e. The lowest BCUT2D eigenvalue weighted by Gasteiger charge is -1.88. The van der Waals surface area contributed by atoms with Gasteiger partial charge in [-0.15, -0.1) is 0 Å². The molecular formula is C5H4N2O3. The predicted octanol–water partition coefficient (Wildman–Crippen LogP) is -0.188. The number of aromatic nitrogens is 1. The first-order chi connectivity index (χ1) is 4.83. The Morgan fingerprint density at radius 2 is 2.60 bits per heavy atom. The average molecular weight is 140 g/mol. The molecule has 1 heterocycles. The van der Waals surface area contributed by atoms with E-state index in [4.69, 9.17) is 0 Å². The number of nitrogens with one attached hydrogen (secondary N) is 1. The van der Waals surface area contributed by atoms with Crippen LogP contribution in [0.25, 0.3) is 0 Å². The number of hydrogen-bond acceptors (Lipinski definition) is 4. The first-order valence-corrected chi connectivity index (χ1v) is 2.49. The molecule has 0 aliphatic carbocycles. The van der Waals surface area contributed by atoms with Gasteiger partial charge in [-0.3, -0.25) is 9.59 Å². The third-order valence-corrected chi connectivity index (χ3v) is 0.796. The summed E-state index contributed by atoms with van der Waals surface area (Å²) in [6.07, 6.45) is 1.45. The van der Waals surface area contributed by atoms with Gasteiger partial charge in [-0.25, -0.2) is 0 Å². The van der Waals surface area contributed by atoms with Gasteiger partial charge in [-0.1, -0.05) is 5.16 Å². The predicted molar refractivity (Wildman–Crippen MR) is 31.2 cm³/mol. The third kappa shape index (κ3) is 1.41. The van der Waals surface area contributed by atoms with Crippen molar-refractivity contribution in [2.45, 2.75) is 0 Å². The molecule has 0 spiro atoms. The van der Waals surface area contributed by atoms with Crippen molar-refractivity contribution in [3.05, 3.63) is 12.3 Å². The molecule has 1 N–H and O–H groups in total. The molecular weight excluding hydrogens is 136 g/mol. The molecule has 0 saturated carbocycles. The fourth-order valence-electron chi connectivity index (χ4n) is 0.433. The van der Waals surface area contributed by atoms with Gasteiger partial charge < -0.3 is 9.84 Å². The van der Waals surface area contributed by atoms with Crippen LogP contribution in [0.5, 0.6) is 0 Å². The third-order valence-electron chi connectivity index (χ3n) is 0.796. The van der Waals surface area contributed by atoms with E-state index in [0.29, 0.717) is 0 Å². The van der Waals surface area contributed by atoms with Crippen LogP contribution in [0.15, 0.2) is 16.9 Å². The van der Waals surface area contributed by atoms with Crippen LogP contribution in [0.1, 0.15) is 0 Å². The molecule has 0 bridgehead atoms. The Morgan fingerprint density at radius 1 is 1.80 bits per heavy atom. The zero-order chi connectivity index (χ0) is 7.40. The number of nitrogens with zero attached hydrogens (tertiary/aromatic N) is 1. The van der Waals surface area contributed by atoms with Crippen LogP contribution in [-0.4, -0.2) is 17.4 Å². The van der Waals surface area contributed by atoms with Crippen LogP contribution >= 0.6 is 0 Å². The highest BCUT2D eigenvalue weighted by molar-refractivity contribution is 6.29. The maximum atomic E-state index is 10.3. The maximum Gasteiger partial charge on any atom is 0.289 e. The molecule has 52 valence electrons. The van der Waals surface area contributed by atoms with Crippen LogP contribution in [-0.2, 0) is 9.59 Å². The summed E-state index contributed by atoms with van der Waals surface area (Å²) in [5.74, 6) is -0.508. The molecule has 1 amide bonds. The molecule has 0 aliphatic heterocycles. The van der Waals surface area contributed by atoms with Gasteiger partial charge in [-0.05, 0) is 0 Å². The second-order valence-electron chi connectivity index (χ2n) is 1.49. The number of aldehydes is 1. The molecule has 10 heavy (non-hydrogen) atoms. The Kier molecular flexibility index (Phi) is 1.79. The van der Waals surface area contributed by atoms with E-state index in [2.05, 4.69) is 15.0 Å². The van der Waals surface area contributed by atoms with Crippen LogP contribution < -0.4 is 5.32 Å². The average Bonchev–Trinajstić information content (AvgIpc) is 2.40. The Labute approximate surface area is 56.0 Å². The van der Waals surface area contributed by atoms with Crippen molar-refractivity contribution < 1.29 is 14.1 Å². The molecule has 0 aliphatic rings. The van der Waals surface area contributed by atoms with Crippen LogP contribution in [0.2, 0.25) is 0 Å². The molecule has 0 unspecified atom stereocenters. The lowest BCUT2D eigenvalue weighted by molar-refractivity contribution is -0.127. The zero-order valence-corrected chi connectivity index (χ0v) is 4.90. The standard InChI is InChI=1S/C5H4N2O3/c8-3-5(9)6-4-1-2-10-7-4/h1-3H,(H,6,7,9). The summed E-state index contributed by atoms with van der Waals surface area (Å²) in [6, 6.07) is 1.43. The SMILES string of the molecule is O=CC(=O)Nc1ccon1. The largest absolute Gasteiger partial charge is 0.363 e. The molecule has 0 saturated heterocycles. The van der Waals surface area contributed by atoms with Gasteiger partial charge in [-0.2, -0.15) is 0 Å². The monoisotopic (exact) mass is 140 g/mol. The number of amides is 1. The van der Waals surface area contributed by atoms with Gasteiger partial charge in [0.25, 0.3) is 5.91 Å². The van der Waals surface area contributed by atoms with E-state index < -0.39 is 5.91 Å². The van der Waals surface area contributed by atoms with E-state index in [1.807, 2.05) is 0 Å². The topological polar surface area (TPSA) is 72.2 Å². The molecule has 0 fully saturated rings. The second-order valence-corrected chi connectivity index (χ2v) is 1.49. The normalized spacial score (nSPS) is 8.80. The molecule has 1 aromatic rings. The minimum atomic E-state index is -0.742. The fourth-order valence-corrected chi connectivity index (χ4v) is 0.433. The van der Waals surface area contributed by atoms with E-state index in [1.54, 1.807) is 0 Å². The quantitative estimate of drug-likeness (QED) is 0.456. The second kappa shape index (κ2) is 2.77. The Hall–Kier alpha value is -1.65. The van der Waals surface area contributed by atoms with Crippen molar-refractivity contribution in [1.82, 2.24) is 5.16 Å². The summed E-state index contributed by atoms with van der Waals surface area (Å²) in [4.78, 5) is 20.1. The van der Waals surface area contributed by atoms with Crippen molar-refractivity contribution in [2.24, 2.45) is 0 Å². The summed E-state index contributed by atoms with van der Waals surface area (Å²) in [7, 11) is 0. The van der Waals surface area contributed by atoms with E-state index in [-0.39, 0.29) is 12.1 Å².